The van der Waals surface area contributed by atoms with E-state index in [9.17, 15) is 14.0 Å². The lowest BCUT2D eigenvalue weighted by Gasteiger charge is -2.44. The highest BCUT2D eigenvalue weighted by Gasteiger charge is 2.37. The molecule has 10 heteroatoms. The van der Waals surface area contributed by atoms with E-state index in [1.807, 2.05) is 40.7 Å². The molecule has 0 aliphatic carbocycles. The van der Waals surface area contributed by atoms with Crippen LogP contribution in [0.2, 0.25) is 0 Å². The number of amides is 2. The number of hydrogen-bond donors (Lipinski definition) is 1. The summed E-state index contributed by atoms with van der Waals surface area (Å²) in [5.41, 5.74) is 1.59. The molecule has 1 N–H and O–H groups in total. The molecule has 1 aliphatic heterocycles. The van der Waals surface area contributed by atoms with Gasteiger partial charge in [-0.1, -0.05) is 20.8 Å². The van der Waals surface area contributed by atoms with E-state index >= 15 is 0 Å². The van der Waals surface area contributed by atoms with Crippen LogP contribution in [0, 0.1) is 18.2 Å². The predicted molar refractivity (Wildman–Crippen MR) is 135 cm³/mol. The number of nitrogens with one attached hydrogen (secondary N) is 1. The van der Waals surface area contributed by atoms with E-state index < -0.39 is 5.82 Å². The van der Waals surface area contributed by atoms with Gasteiger partial charge in [-0.3, -0.25) is 14.6 Å². The van der Waals surface area contributed by atoms with Gasteiger partial charge >= 0.3 is 0 Å². The van der Waals surface area contributed by atoms with Gasteiger partial charge in [0.05, 0.1) is 28.5 Å². The lowest BCUT2D eigenvalue weighted by Crippen LogP contribution is -2.61. The molecule has 1 atom stereocenters. The van der Waals surface area contributed by atoms with Gasteiger partial charge in [0.25, 0.3) is 5.91 Å². The number of thiophene rings is 1. The Balaban J connectivity index is 1.52. The average Bonchev–Trinajstić information content (AvgIpc) is 3.10. The monoisotopic (exact) mass is 498 g/mol. The van der Waals surface area contributed by atoms with Crippen LogP contribution in [0.4, 0.5) is 10.3 Å². The molecule has 186 valence electrons. The first kappa shape index (κ1) is 25.0. The lowest BCUT2D eigenvalue weighted by atomic mass is 9.91. The summed E-state index contributed by atoms with van der Waals surface area (Å²) in [5, 5.41) is 3.17. The number of rotatable bonds is 6. The van der Waals surface area contributed by atoms with Crippen molar-refractivity contribution in [1.82, 2.24) is 24.8 Å². The Hall–Kier alpha value is -3.14. The molecule has 0 saturated carbocycles. The van der Waals surface area contributed by atoms with Crippen LogP contribution in [0.1, 0.15) is 61.1 Å². The van der Waals surface area contributed by atoms with Crippen LogP contribution in [0.3, 0.4) is 0 Å². The van der Waals surface area contributed by atoms with Crippen molar-refractivity contribution in [3.05, 3.63) is 46.5 Å². The highest BCUT2D eigenvalue weighted by atomic mass is 32.1. The molecule has 1 saturated heterocycles. The number of halogens is 1. The second-order valence-corrected chi connectivity index (χ2v) is 11.6. The first-order chi connectivity index (χ1) is 16.4. The van der Waals surface area contributed by atoms with Gasteiger partial charge in [0.2, 0.25) is 11.9 Å². The summed E-state index contributed by atoms with van der Waals surface area (Å²) >= 11 is 1.48. The summed E-state index contributed by atoms with van der Waals surface area (Å²) in [6.45, 7) is 10.9. The van der Waals surface area contributed by atoms with Crippen molar-refractivity contribution in [2.45, 2.75) is 53.1 Å². The fourth-order valence-electron chi connectivity index (χ4n) is 4.00. The quantitative estimate of drug-likeness (QED) is 0.541. The molecule has 0 aromatic carbocycles. The minimum absolute atomic E-state index is 0.00528. The van der Waals surface area contributed by atoms with Crippen molar-refractivity contribution in [2.24, 2.45) is 5.41 Å². The molecule has 3 aromatic rings. The number of likely N-dealkylation sites (N-methyl/N-ethyl adjacent to an activating group) is 1. The maximum absolute atomic E-state index is 13.6. The minimum Gasteiger partial charge on any atom is -0.348 e. The molecular formula is C25H31FN6O2S. The second-order valence-electron chi connectivity index (χ2n) is 10.4. The van der Waals surface area contributed by atoms with Gasteiger partial charge in [-0.25, -0.2) is 14.4 Å². The highest BCUT2D eigenvalue weighted by Crippen LogP contribution is 2.30. The van der Waals surface area contributed by atoms with E-state index in [1.54, 1.807) is 23.0 Å². The van der Waals surface area contributed by atoms with Gasteiger partial charge in [-0.05, 0) is 37.0 Å². The van der Waals surface area contributed by atoms with E-state index in [0.29, 0.717) is 42.2 Å². The zero-order valence-electron chi connectivity index (χ0n) is 20.9. The molecule has 1 aliphatic rings. The van der Waals surface area contributed by atoms with Crippen LogP contribution in [0.15, 0.2) is 24.5 Å². The molecule has 2 amide bonds. The van der Waals surface area contributed by atoms with E-state index in [2.05, 4.69) is 20.3 Å². The lowest BCUT2D eigenvalue weighted by molar-refractivity contribution is -0.136. The largest absolute Gasteiger partial charge is 0.348 e. The SMILES string of the molecule is Cc1cc2nc(NC(C)c3cncc(F)c3)nc(C(=O)N3CC(N(C)C(=O)CC(C)(C)C)C3)c2s1. The Kier molecular flexibility index (Phi) is 6.77. The van der Waals surface area contributed by atoms with Crippen molar-refractivity contribution < 1.29 is 14.0 Å². The smallest absolute Gasteiger partial charge is 0.274 e. The summed E-state index contributed by atoms with van der Waals surface area (Å²) in [4.78, 5) is 43.5. The molecule has 0 radical (unpaired) electrons. The number of pyridine rings is 1. The number of anilines is 1. The van der Waals surface area contributed by atoms with Gasteiger partial charge in [0.15, 0.2) is 5.69 Å². The Morgan fingerprint density at radius 1 is 1.26 bits per heavy atom. The summed E-state index contributed by atoms with van der Waals surface area (Å²) in [7, 11) is 1.80. The van der Waals surface area contributed by atoms with Crippen molar-refractivity contribution in [3.63, 3.8) is 0 Å². The number of carbonyl (C=O) groups is 2. The van der Waals surface area contributed by atoms with Crippen molar-refractivity contribution >= 4 is 39.3 Å². The van der Waals surface area contributed by atoms with Crippen LogP contribution in [-0.4, -0.2) is 62.7 Å². The molecule has 8 nitrogen and oxygen atoms in total. The zero-order valence-corrected chi connectivity index (χ0v) is 21.7. The number of nitrogens with zero attached hydrogens (tertiary/aromatic N) is 5. The predicted octanol–water partition coefficient (Wildman–Crippen LogP) is 4.43. The second kappa shape index (κ2) is 9.49. The molecule has 4 rings (SSSR count). The summed E-state index contributed by atoms with van der Waals surface area (Å²) in [6.07, 6.45) is 3.19. The average molecular weight is 499 g/mol. The highest BCUT2D eigenvalue weighted by molar-refractivity contribution is 7.19. The van der Waals surface area contributed by atoms with E-state index in [4.69, 9.17) is 0 Å². The number of likely N-dealkylation sites (tertiary alicyclic amines) is 1. The van der Waals surface area contributed by atoms with E-state index in [0.717, 1.165) is 15.8 Å². The summed E-state index contributed by atoms with van der Waals surface area (Å²) < 4.78 is 14.3. The van der Waals surface area contributed by atoms with Gasteiger partial charge in [-0.2, -0.15) is 0 Å². The molecule has 0 spiro atoms. The maximum atomic E-state index is 13.6. The maximum Gasteiger partial charge on any atom is 0.274 e. The number of hydrogen-bond acceptors (Lipinski definition) is 7. The zero-order chi connectivity index (χ0) is 25.5. The van der Waals surface area contributed by atoms with Crippen LogP contribution in [-0.2, 0) is 4.79 Å². The molecule has 1 fully saturated rings. The summed E-state index contributed by atoms with van der Waals surface area (Å²) in [6, 6.07) is 3.01. The fourth-order valence-corrected chi connectivity index (χ4v) is 4.93. The standard InChI is InChI=1S/C25H31FN6O2S/c1-14-7-19-22(35-14)21(30-24(29-19)28-15(2)16-8-17(26)11-27-10-16)23(34)32-12-18(13-32)31(6)20(33)9-25(3,4)5/h7-8,10-11,15,18H,9,12-13H2,1-6H3,(H,28,29,30). The Bertz CT molecular complexity index is 1260. The Morgan fingerprint density at radius 3 is 2.63 bits per heavy atom. The third-order valence-corrected chi connectivity index (χ3v) is 7.09. The van der Waals surface area contributed by atoms with Gasteiger partial charge in [0.1, 0.15) is 5.82 Å². The van der Waals surface area contributed by atoms with Crippen LogP contribution >= 0.6 is 11.3 Å². The van der Waals surface area contributed by atoms with E-state index in [-0.39, 0.29) is 29.3 Å². The molecule has 1 unspecified atom stereocenters. The molecule has 3 aromatic heterocycles. The Labute approximate surface area is 208 Å². The number of fused-ring (bicyclic) bond motifs is 1. The number of carbonyl (C=O) groups excluding carboxylic acids is 2. The molecule has 0 bridgehead atoms. The third kappa shape index (κ3) is 5.58. The first-order valence-electron chi connectivity index (χ1n) is 11.6. The number of aromatic nitrogens is 3. The van der Waals surface area contributed by atoms with Crippen molar-refractivity contribution in [3.8, 4) is 0 Å². The van der Waals surface area contributed by atoms with Crippen molar-refractivity contribution in [1.29, 1.82) is 0 Å². The fraction of sp³-hybridized carbons (Fsp3) is 0.480. The molecule has 4 heterocycles. The molecular weight excluding hydrogens is 467 g/mol. The van der Waals surface area contributed by atoms with Gasteiger partial charge < -0.3 is 15.1 Å². The van der Waals surface area contributed by atoms with Crippen LogP contribution < -0.4 is 5.32 Å². The first-order valence-corrected chi connectivity index (χ1v) is 12.4. The normalized spacial score (nSPS) is 15.1. The third-order valence-electron chi connectivity index (χ3n) is 6.04. The molecule has 35 heavy (non-hydrogen) atoms. The minimum atomic E-state index is -0.421. The van der Waals surface area contributed by atoms with E-state index in [1.165, 1.54) is 17.4 Å². The van der Waals surface area contributed by atoms with Crippen molar-refractivity contribution in [2.75, 3.05) is 25.5 Å². The van der Waals surface area contributed by atoms with Crippen LogP contribution in [0.25, 0.3) is 10.2 Å². The van der Waals surface area contributed by atoms with Crippen LogP contribution in [0.5, 0.6) is 0 Å². The Morgan fingerprint density at radius 2 is 1.97 bits per heavy atom. The van der Waals surface area contributed by atoms with Gasteiger partial charge in [-0.15, -0.1) is 11.3 Å². The number of aryl methyl sites for hydroxylation is 1. The topological polar surface area (TPSA) is 91.3 Å². The van der Waals surface area contributed by atoms with Gasteiger partial charge in [0, 0.05) is 37.6 Å². The summed E-state index contributed by atoms with van der Waals surface area (Å²) in [5.74, 6) is -0.226.